The molecular weight excluding hydrogens is 226 g/mol. The van der Waals surface area contributed by atoms with E-state index in [4.69, 9.17) is 4.74 Å². The Morgan fingerprint density at radius 1 is 1.11 bits per heavy atom. The van der Waals surface area contributed by atoms with Crippen molar-refractivity contribution in [2.75, 3.05) is 21.2 Å². The third kappa shape index (κ3) is 6.60. The standard InChI is InChI=1S/C11H19NO2.2C2H6/c1-6-8-11(9-7-2,12(3)4)10(13)14-5;2*1-2/h6-7H,1-2,8-9H2,3-5H3;2*1-2H3. The lowest BCUT2D eigenvalue weighted by molar-refractivity contribution is -0.153. The van der Waals surface area contributed by atoms with Gasteiger partial charge in [0.05, 0.1) is 7.11 Å². The fourth-order valence-corrected chi connectivity index (χ4v) is 1.47. The number of hydrogen-bond acceptors (Lipinski definition) is 3. The summed E-state index contributed by atoms with van der Waals surface area (Å²) >= 11 is 0. The normalized spacial score (nSPS) is 9.33. The van der Waals surface area contributed by atoms with Crippen molar-refractivity contribution in [2.24, 2.45) is 0 Å². The number of esters is 1. The van der Waals surface area contributed by atoms with E-state index in [2.05, 4.69) is 13.2 Å². The molecule has 108 valence electrons. The van der Waals surface area contributed by atoms with Crippen molar-refractivity contribution in [3.8, 4) is 0 Å². The molecule has 0 aliphatic rings. The number of likely N-dealkylation sites (N-methyl/N-ethyl adjacent to an activating group) is 1. The van der Waals surface area contributed by atoms with Gasteiger partial charge in [-0.1, -0.05) is 39.8 Å². The highest BCUT2D eigenvalue weighted by atomic mass is 16.5. The monoisotopic (exact) mass is 257 g/mol. The second kappa shape index (κ2) is 14.0. The van der Waals surface area contributed by atoms with Gasteiger partial charge < -0.3 is 4.74 Å². The Hall–Kier alpha value is -1.09. The molecule has 0 aromatic rings. The van der Waals surface area contributed by atoms with Crippen molar-refractivity contribution < 1.29 is 9.53 Å². The van der Waals surface area contributed by atoms with Crippen molar-refractivity contribution in [2.45, 2.75) is 46.1 Å². The fraction of sp³-hybridized carbons (Fsp3) is 0.667. The van der Waals surface area contributed by atoms with Crippen LogP contribution in [0.4, 0.5) is 0 Å². The molecular formula is C15H31NO2. The first-order valence-corrected chi connectivity index (χ1v) is 6.52. The van der Waals surface area contributed by atoms with Crippen LogP contribution in [0.15, 0.2) is 25.3 Å². The molecule has 0 aliphatic heterocycles. The molecule has 0 aliphatic carbocycles. The van der Waals surface area contributed by atoms with Gasteiger partial charge in [-0.3, -0.25) is 9.69 Å². The number of hydrogen-bond donors (Lipinski definition) is 0. The Bertz CT molecular complexity index is 213. The lowest BCUT2D eigenvalue weighted by Gasteiger charge is -2.35. The predicted molar refractivity (Wildman–Crippen MR) is 80.8 cm³/mol. The van der Waals surface area contributed by atoms with E-state index < -0.39 is 5.54 Å². The Labute approximate surface area is 114 Å². The van der Waals surface area contributed by atoms with Crippen LogP contribution in [0.3, 0.4) is 0 Å². The highest BCUT2D eigenvalue weighted by molar-refractivity contribution is 5.81. The van der Waals surface area contributed by atoms with Crippen LogP contribution in [-0.4, -0.2) is 37.6 Å². The maximum atomic E-state index is 11.7. The summed E-state index contributed by atoms with van der Waals surface area (Å²) in [5.74, 6) is -0.248. The van der Waals surface area contributed by atoms with Gasteiger partial charge >= 0.3 is 5.97 Å². The first-order chi connectivity index (χ1) is 8.55. The number of nitrogens with zero attached hydrogens (tertiary/aromatic N) is 1. The molecule has 0 aromatic heterocycles. The molecule has 0 saturated carbocycles. The summed E-state index contributed by atoms with van der Waals surface area (Å²) in [6.45, 7) is 15.3. The maximum absolute atomic E-state index is 11.7. The van der Waals surface area contributed by atoms with Crippen LogP contribution in [0.2, 0.25) is 0 Å². The van der Waals surface area contributed by atoms with E-state index in [0.717, 1.165) is 0 Å². The van der Waals surface area contributed by atoms with Gasteiger partial charge in [-0.05, 0) is 26.9 Å². The molecule has 0 fully saturated rings. The van der Waals surface area contributed by atoms with E-state index >= 15 is 0 Å². The molecule has 0 spiro atoms. The maximum Gasteiger partial charge on any atom is 0.326 e. The van der Waals surface area contributed by atoms with Crippen LogP contribution >= 0.6 is 0 Å². The van der Waals surface area contributed by atoms with Crippen molar-refractivity contribution in [3.05, 3.63) is 25.3 Å². The second-order valence-corrected chi connectivity index (χ2v) is 3.40. The van der Waals surface area contributed by atoms with Gasteiger partial charge in [-0.25, -0.2) is 0 Å². The molecule has 0 aromatic carbocycles. The summed E-state index contributed by atoms with van der Waals surface area (Å²) in [6, 6.07) is 0. The van der Waals surface area contributed by atoms with E-state index in [-0.39, 0.29) is 5.97 Å². The lowest BCUT2D eigenvalue weighted by Crippen LogP contribution is -2.51. The Morgan fingerprint density at radius 3 is 1.61 bits per heavy atom. The quantitative estimate of drug-likeness (QED) is 0.537. The third-order valence-corrected chi connectivity index (χ3v) is 2.39. The molecule has 0 amide bonds. The van der Waals surface area contributed by atoms with Crippen LogP contribution in [-0.2, 0) is 9.53 Å². The van der Waals surface area contributed by atoms with E-state index in [1.807, 2.05) is 46.7 Å². The fourth-order valence-electron chi connectivity index (χ4n) is 1.47. The second-order valence-electron chi connectivity index (χ2n) is 3.40. The predicted octanol–water partition coefficient (Wildman–Crippen LogP) is 3.66. The molecule has 3 nitrogen and oxygen atoms in total. The Kier molecular flexibility index (Phi) is 17.2. The van der Waals surface area contributed by atoms with Gasteiger partial charge in [-0.15, -0.1) is 13.2 Å². The average molecular weight is 257 g/mol. The van der Waals surface area contributed by atoms with Crippen LogP contribution in [0, 0.1) is 0 Å². The van der Waals surface area contributed by atoms with Crippen LogP contribution < -0.4 is 0 Å². The molecule has 0 bridgehead atoms. The van der Waals surface area contributed by atoms with Crippen molar-refractivity contribution in [3.63, 3.8) is 0 Å². The van der Waals surface area contributed by atoms with Gasteiger partial charge in [-0.2, -0.15) is 0 Å². The molecule has 0 radical (unpaired) electrons. The summed E-state index contributed by atoms with van der Waals surface area (Å²) < 4.78 is 4.81. The topological polar surface area (TPSA) is 29.5 Å². The summed E-state index contributed by atoms with van der Waals surface area (Å²) in [5.41, 5.74) is -0.655. The lowest BCUT2D eigenvalue weighted by atomic mass is 9.90. The molecule has 18 heavy (non-hydrogen) atoms. The van der Waals surface area contributed by atoms with Crippen LogP contribution in [0.1, 0.15) is 40.5 Å². The van der Waals surface area contributed by atoms with Gasteiger partial charge in [0.25, 0.3) is 0 Å². The van der Waals surface area contributed by atoms with E-state index in [1.165, 1.54) is 7.11 Å². The number of methoxy groups -OCH3 is 1. The minimum Gasteiger partial charge on any atom is -0.468 e. The molecule has 0 atom stereocenters. The van der Waals surface area contributed by atoms with E-state index in [1.54, 1.807) is 12.2 Å². The minimum atomic E-state index is -0.655. The van der Waals surface area contributed by atoms with Crippen LogP contribution in [0.25, 0.3) is 0 Å². The summed E-state index contributed by atoms with van der Waals surface area (Å²) in [6.07, 6.45) is 4.55. The highest BCUT2D eigenvalue weighted by Gasteiger charge is 2.39. The minimum absolute atomic E-state index is 0.248. The molecule has 0 heterocycles. The smallest absolute Gasteiger partial charge is 0.326 e. The zero-order chi connectivity index (χ0) is 15.2. The zero-order valence-corrected chi connectivity index (χ0v) is 13.2. The summed E-state index contributed by atoms with van der Waals surface area (Å²) in [5, 5.41) is 0. The molecule has 3 heteroatoms. The molecule has 0 saturated heterocycles. The van der Waals surface area contributed by atoms with Gasteiger partial charge in [0.1, 0.15) is 5.54 Å². The largest absolute Gasteiger partial charge is 0.468 e. The first-order valence-electron chi connectivity index (χ1n) is 6.52. The van der Waals surface area contributed by atoms with Gasteiger partial charge in [0.15, 0.2) is 0 Å². The van der Waals surface area contributed by atoms with Crippen molar-refractivity contribution in [1.29, 1.82) is 0 Å². The van der Waals surface area contributed by atoms with E-state index in [0.29, 0.717) is 12.8 Å². The van der Waals surface area contributed by atoms with Crippen LogP contribution in [0.5, 0.6) is 0 Å². The highest BCUT2D eigenvalue weighted by Crippen LogP contribution is 2.24. The number of carbonyl (C=O) groups excluding carboxylic acids is 1. The molecule has 0 N–H and O–H groups in total. The van der Waals surface area contributed by atoms with Crippen molar-refractivity contribution >= 4 is 5.97 Å². The zero-order valence-electron chi connectivity index (χ0n) is 13.2. The number of carbonyl (C=O) groups is 1. The summed E-state index contributed by atoms with van der Waals surface area (Å²) in [4.78, 5) is 13.5. The van der Waals surface area contributed by atoms with Gasteiger partial charge in [0.2, 0.25) is 0 Å². The Balaban J connectivity index is -0.000000506. The first kappa shape index (κ1) is 22.1. The third-order valence-electron chi connectivity index (χ3n) is 2.39. The molecule has 0 unspecified atom stereocenters. The van der Waals surface area contributed by atoms with Gasteiger partial charge in [0, 0.05) is 0 Å². The average Bonchev–Trinajstić information content (AvgIpc) is 2.41. The number of ether oxygens (including phenoxy) is 1. The van der Waals surface area contributed by atoms with E-state index in [9.17, 15) is 4.79 Å². The number of rotatable bonds is 6. The SMILES string of the molecule is C=CCC(CC=C)(C(=O)OC)N(C)C.CC.CC. The Morgan fingerprint density at radius 2 is 1.44 bits per heavy atom. The molecule has 0 rings (SSSR count). The van der Waals surface area contributed by atoms with Crippen molar-refractivity contribution in [1.82, 2.24) is 4.90 Å². The summed E-state index contributed by atoms with van der Waals surface area (Å²) in [7, 11) is 5.10.